The first-order valence-electron chi connectivity index (χ1n) is 6.58. The van der Waals surface area contributed by atoms with Gasteiger partial charge in [0.05, 0.1) is 15.7 Å². The molecule has 0 heterocycles. The predicted molar refractivity (Wildman–Crippen MR) is 83.9 cm³/mol. The van der Waals surface area contributed by atoms with Crippen molar-refractivity contribution in [1.82, 2.24) is 0 Å². The molecule has 0 aliphatic heterocycles. The molecule has 0 atom stereocenters. The number of nitrogens with one attached hydrogen (secondary N) is 1. The standard InChI is InChI=1S/C14H18BrCl2N/c15-11-8-9-12(14(17)13(11)16)18-10-6-4-2-1-3-5-7-10/h8-10,18H,1-7H2. The van der Waals surface area contributed by atoms with Crippen LogP contribution in [0.25, 0.3) is 0 Å². The molecule has 18 heavy (non-hydrogen) atoms. The zero-order valence-corrected chi connectivity index (χ0v) is 13.4. The monoisotopic (exact) mass is 349 g/mol. The second kappa shape index (κ2) is 7.02. The van der Waals surface area contributed by atoms with Gasteiger partial charge in [-0.15, -0.1) is 0 Å². The molecule has 1 aliphatic rings. The van der Waals surface area contributed by atoms with Crippen LogP contribution in [0, 0.1) is 0 Å². The van der Waals surface area contributed by atoms with E-state index in [0.717, 1.165) is 10.2 Å². The number of hydrogen-bond donors (Lipinski definition) is 1. The highest BCUT2D eigenvalue weighted by molar-refractivity contribution is 9.10. The summed E-state index contributed by atoms with van der Waals surface area (Å²) in [6, 6.07) is 4.47. The minimum atomic E-state index is 0.528. The van der Waals surface area contributed by atoms with Crippen molar-refractivity contribution in [3.63, 3.8) is 0 Å². The van der Waals surface area contributed by atoms with E-state index in [9.17, 15) is 0 Å². The predicted octanol–water partition coefficient (Wildman–Crippen LogP) is 6.28. The second-order valence-corrected chi connectivity index (χ2v) is 6.52. The van der Waals surface area contributed by atoms with Gasteiger partial charge in [-0.05, 0) is 40.9 Å². The Bertz CT molecular complexity index is 401. The average molecular weight is 351 g/mol. The van der Waals surface area contributed by atoms with E-state index < -0.39 is 0 Å². The minimum Gasteiger partial charge on any atom is -0.381 e. The summed E-state index contributed by atoms with van der Waals surface area (Å²) >= 11 is 15.8. The van der Waals surface area contributed by atoms with Crippen LogP contribution in [0.15, 0.2) is 16.6 Å². The Morgan fingerprint density at radius 1 is 0.944 bits per heavy atom. The maximum Gasteiger partial charge on any atom is 0.0835 e. The van der Waals surface area contributed by atoms with Crippen molar-refractivity contribution in [3.8, 4) is 0 Å². The smallest absolute Gasteiger partial charge is 0.0835 e. The summed E-state index contributed by atoms with van der Waals surface area (Å²) in [5, 5.41) is 4.76. The van der Waals surface area contributed by atoms with Gasteiger partial charge in [0.15, 0.2) is 0 Å². The summed E-state index contributed by atoms with van der Waals surface area (Å²) in [6.07, 6.45) is 9.16. The first-order valence-corrected chi connectivity index (χ1v) is 8.13. The molecule has 0 saturated heterocycles. The SMILES string of the molecule is Clc1c(Br)ccc(NC2CCCCCCC2)c1Cl. The summed E-state index contributed by atoms with van der Waals surface area (Å²) < 4.78 is 0.845. The Hall–Kier alpha value is 0.0800. The quantitative estimate of drug-likeness (QED) is 0.618. The van der Waals surface area contributed by atoms with E-state index in [4.69, 9.17) is 23.2 Å². The van der Waals surface area contributed by atoms with E-state index in [2.05, 4.69) is 21.2 Å². The van der Waals surface area contributed by atoms with Crippen LogP contribution in [0.5, 0.6) is 0 Å². The molecular weight excluding hydrogens is 333 g/mol. The molecule has 4 heteroatoms. The summed E-state index contributed by atoms with van der Waals surface area (Å²) in [5.74, 6) is 0. The first kappa shape index (κ1) is 14.5. The molecule has 0 radical (unpaired) electrons. The van der Waals surface area contributed by atoms with Crippen LogP contribution in [0.4, 0.5) is 5.69 Å². The largest absolute Gasteiger partial charge is 0.381 e. The van der Waals surface area contributed by atoms with Crippen LogP contribution in [0.2, 0.25) is 10.0 Å². The number of hydrogen-bond acceptors (Lipinski definition) is 1. The number of benzene rings is 1. The Morgan fingerprint density at radius 3 is 2.22 bits per heavy atom. The topological polar surface area (TPSA) is 12.0 Å². The molecule has 100 valence electrons. The average Bonchev–Trinajstić information content (AvgIpc) is 2.32. The summed E-state index contributed by atoms with van der Waals surface area (Å²) in [5.41, 5.74) is 0.954. The fraction of sp³-hybridized carbons (Fsp3) is 0.571. The lowest BCUT2D eigenvalue weighted by atomic mass is 9.96. The van der Waals surface area contributed by atoms with E-state index in [-0.39, 0.29) is 0 Å². The van der Waals surface area contributed by atoms with Crippen molar-refractivity contribution in [2.75, 3.05) is 5.32 Å². The number of halogens is 3. The van der Waals surface area contributed by atoms with Gasteiger partial charge in [-0.25, -0.2) is 0 Å². The van der Waals surface area contributed by atoms with Crippen LogP contribution in [-0.2, 0) is 0 Å². The van der Waals surface area contributed by atoms with Gasteiger partial charge in [0.1, 0.15) is 0 Å². The van der Waals surface area contributed by atoms with Crippen molar-refractivity contribution in [1.29, 1.82) is 0 Å². The van der Waals surface area contributed by atoms with Crippen LogP contribution in [0.1, 0.15) is 44.9 Å². The summed E-state index contributed by atoms with van der Waals surface area (Å²) in [4.78, 5) is 0. The van der Waals surface area contributed by atoms with Crippen molar-refractivity contribution in [2.24, 2.45) is 0 Å². The molecule has 1 aromatic rings. The van der Waals surface area contributed by atoms with Gasteiger partial charge in [-0.3, -0.25) is 0 Å². The Morgan fingerprint density at radius 2 is 1.56 bits per heavy atom. The third-order valence-corrected chi connectivity index (χ3v) is 5.27. The van der Waals surface area contributed by atoms with E-state index in [1.807, 2.05) is 12.1 Å². The number of rotatable bonds is 2. The van der Waals surface area contributed by atoms with Crippen molar-refractivity contribution < 1.29 is 0 Å². The van der Waals surface area contributed by atoms with Crippen LogP contribution in [0.3, 0.4) is 0 Å². The molecule has 0 bridgehead atoms. The zero-order valence-electron chi connectivity index (χ0n) is 10.3. The highest BCUT2D eigenvalue weighted by Crippen LogP contribution is 2.36. The van der Waals surface area contributed by atoms with E-state index in [1.54, 1.807) is 0 Å². The Labute approximate surface area is 127 Å². The number of anilines is 1. The van der Waals surface area contributed by atoms with E-state index >= 15 is 0 Å². The van der Waals surface area contributed by atoms with Crippen molar-refractivity contribution in [2.45, 2.75) is 51.0 Å². The molecule has 1 fully saturated rings. The second-order valence-electron chi connectivity index (χ2n) is 4.91. The molecule has 1 saturated carbocycles. The fourth-order valence-electron chi connectivity index (χ4n) is 2.46. The molecule has 1 N–H and O–H groups in total. The van der Waals surface area contributed by atoms with E-state index in [1.165, 1.54) is 44.9 Å². The Balaban J connectivity index is 2.05. The lowest BCUT2D eigenvalue weighted by Crippen LogP contribution is -2.20. The zero-order chi connectivity index (χ0) is 13.0. The molecular formula is C14H18BrCl2N. The van der Waals surface area contributed by atoms with Gasteiger partial charge < -0.3 is 5.32 Å². The molecule has 0 amide bonds. The molecule has 2 rings (SSSR count). The molecule has 1 aromatic carbocycles. The molecule has 0 unspecified atom stereocenters. The van der Waals surface area contributed by atoms with Crippen LogP contribution in [-0.4, -0.2) is 6.04 Å². The van der Waals surface area contributed by atoms with Gasteiger partial charge in [0.25, 0.3) is 0 Å². The fourth-order valence-corrected chi connectivity index (χ4v) is 3.29. The highest BCUT2D eigenvalue weighted by Gasteiger charge is 2.14. The molecule has 1 aliphatic carbocycles. The van der Waals surface area contributed by atoms with Gasteiger partial charge in [0, 0.05) is 10.5 Å². The first-order chi connectivity index (χ1) is 8.68. The van der Waals surface area contributed by atoms with Gasteiger partial charge in [0.2, 0.25) is 0 Å². The van der Waals surface area contributed by atoms with Crippen LogP contribution < -0.4 is 5.32 Å². The summed E-state index contributed by atoms with van der Waals surface area (Å²) in [6.45, 7) is 0. The highest BCUT2D eigenvalue weighted by atomic mass is 79.9. The Kier molecular flexibility index (Phi) is 5.65. The lowest BCUT2D eigenvalue weighted by Gasteiger charge is -2.23. The molecule has 0 aromatic heterocycles. The normalized spacial score (nSPS) is 18.2. The molecule has 1 nitrogen and oxygen atoms in total. The van der Waals surface area contributed by atoms with E-state index in [0.29, 0.717) is 16.1 Å². The summed E-state index contributed by atoms with van der Waals surface area (Å²) in [7, 11) is 0. The van der Waals surface area contributed by atoms with Crippen molar-refractivity contribution in [3.05, 3.63) is 26.7 Å². The maximum absolute atomic E-state index is 6.27. The van der Waals surface area contributed by atoms with Gasteiger partial charge >= 0.3 is 0 Å². The lowest BCUT2D eigenvalue weighted by molar-refractivity contribution is 0.471. The minimum absolute atomic E-state index is 0.528. The van der Waals surface area contributed by atoms with Gasteiger partial charge in [-0.2, -0.15) is 0 Å². The van der Waals surface area contributed by atoms with Crippen molar-refractivity contribution >= 4 is 44.8 Å². The van der Waals surface area contributed by atoms with Crippen LogP contribution >= 0.6 is 39.1 Å². The molecule has 0 spiro atoms. The maximum atomic E-state index is 6.27. The van der Waals surface area contributed by atoms with Gasteiger partial charge in [-0.1, -0.05) is 55.3 Å². The third-order valence-electron chi connectivity index (χ3n) is 3.50. The third kappa shape index (κ3) is 3.79.